The second-order valence-electron chi connectivity index (χ2n) is 5.15. The molecule has 0 radical (unpaired) electrons. The molecular formula is C11H20O. The van der Waals surface area contributed by atoms with Gasteiger partial charge >= 0.3 is 0 Å². The predicted molar refractivity (Wildman–Crippen MR) is 51.9 cm³/mol. The van der Waals surface area contributed by atoms with Gasteiger partial charge in [-0.1, -0.05) is 27.4 Å². The van der Waals surface area contributed by atoms with Gasteiger partial charge < -0.3 is 5.11 Å². The maximum atomic E-state index is 10.0. The average molecular weight is 168 g/mol. The van der Waals surface area contributed by atoms with E-state index in [9.17, 15) is 5.11 Å². The SMILES string of the molecule is C=C1C(C)(C)C[C@H](C)C[C@@]1(C)O. The maximum absolute atomic E-state index is 10.0. The number of hydrogen-bond acceptors (Lipinski definition) is 1. The first kappa shape index (κ1) is 9.79. The molecule has 1 nitrogen and oxygen atoms in total. The van der Waals surface area contributed by atoms with Crippen LogP contribution in [0.15, 0.2) is 12.2 Å². The first-order valence-electron chi connectivity index (χ1n) is 4.68. The summed E-state index contributed by atoms with van der Waals surface area (Å²) < 4.78 is 0. The molecule has 1 aliphatic rings. The van der Waals surface area contributed by atoms with Crippen LogP contribution in [-0.2, 0) is 0 Å². The molecule has 70 valence electrons. The minimum Gasteiger partial charge on any atom is -0.386 e. The van der Waals surface area contributed by atoms with Crippen LogP contribution in [0.5, 0.6) is 0 Å². The standard InChI is InChI=1S/C11H20O/c1-8-6-10(3,4)9(2)11(5,12)7-8/h8,12H,2,6-7H2,1,3-5H3/t8-,11+/m0/s1. The summed E-state index contributed by atoms with van der Waals surface area (Å²) in [7, 11) is 0. The summed E-state index contributed by atoms with van der Waals surface area (Å²) in [6.07, 6.45) is 2.00. The molecule has 0 bridgehead atoms. The van der Waals surface area contributed by atoms with Crippen LogP contribution in [0, 0.1) is 11.3 Å². The highest BCUT2D eigenvalue weighted by Gasteiger charge is 2.41. The van der Waals surface area contributed by atoms with Crippen molar-refractivity contribution in [2.75, 3.05) is 0 Å². The van der Waals surface area contributed by atoms with Crippen molar-refractivity contribution in [3.05, 3.63) is 12.2 Å². The summed E-state index contributed by atoms with van der Waals surface area (Å²) in [6, 6.07) is 0. The zero-order valence-electron chi connectivity index (χ0n) is 8.65. The summed E-state index contributed by atoms with van der Waals surface area (Å²) in [6.45, 7) is 12.4. The summed E-state index contributed by atoms with van der Waals surface area (Å²) in [5.74, 6) is 0.598. The van der Waals surface area contributed by atoms with Crippen LogP contribution in [-0.4, -0.2) is 10.7 Å². The molecule has 1 aliphatic carbocycles. The lowest BCUT2D eigenvalue weighted by atomic mass is 9.63. The summed E-state index contributed by atoms with van der Waals surface area (Å²) in [5.41, 5.74) is 0.440. The fraction of sp³-hybridized carbons (Fsp3) is 0.818. The van der Waals surface area contributed by atoms with E-state index in [1.165, 1.54) is 0 Å². The fourth-order valence-corrected chi connectivity index (χ4v) is 2.60. The molecule has 2 atom stereocenters. The van der Waals surface area contributed by atoms with E-state index >= 15 is 0 Å². The zero-order chi connectivity index (χ0) is 9.57. The maximum Gasteiger partial charge on any atom is 0.0833 e. The average Bonchev–Trinajstić information content (AvgIpc) is 1.80. The van der Waals surface area contributed by atoms with Gasteiger partial charge in [0.25, 0.3) is 0 Å². The molecule has 0 heterocycles. The second kappa shape index (κ2) is 2.59. The lowest BCUT2D eigenvalue weighted by molar-refractivity contribution is 0.0181. The molecule has 0 saturated heterocycles. The van der Waals surface area contributed by atoms with E-state index in [1.807, 2.05) is 6.92 Å². The van der Waals surface area contributed by atoms with Crippen molar-refractivity contribution in [2.45, 2.75) is 46.1 Å². The minimum absolute atomic E-state index is 0.0984. The highest BCUT2D eigenvalue weighted by Crippen LogP contribution is 2.46. The Balaban J connectivity index is 2.91. The van der Waals surface area contributed by atoms with E-state index < -0.39 is 5.60 Å². The van der Waals surface area contributed by atoms with Crippen molar-refractivity contribution < 1.29 is 5.11 Å². The summed E-state index contributed by atoms with van der Waals surface area (Å²) in [4.78, 5) is 0. The molecular weight excluding hydrogens is 148 g/mol. The quantitative estimate of drug-likeness (QED) is 0.551. The van der Waals surface area contributed by atoms with Crippen LogP contribution in [0.1, 0.15) is 40.5 Å². The molecule has 1 fully saturated rings. The highest BCUT2D eigenvalue weighted by molar-refractivity contribution is 5.22. The van der Waals surface area contributed by atoms with Crippen molar-refractivity contribution in [3.8, 4) is 0 Å². The molecule has 1 saturated carbocycles. The minimum atomic E-state index is -0.652. The molecule has 12 heavy (non-hydrogen) atoms. The van der Waals surface area contributed by atoms with E-state index in [4.69, 9.17) is 0 Å². The Kier molecular flexibility index (Phi) is 2.12. The Morgan fingerprint density at radius 2 is 1.83 bits per heavy atom. The summed E-state index contributed by atoms with van der Waals surface area (Å²) >= 11 is 0. The van der Waals surface area contributed by atoms with Gasteiger partial charge in [0.2, 0.25) is 0 Å². The molecule has 0 unspecified atom stereocenters. The molecule has 0 amide bonds. The van der Waals surface area contributed by atoms with Crippen molar-refractivity contribution >= 4 is 0 Å². The smallest absolute Gasteiger partial charge is 0.0833 e. The predicted octanol–water partition coefficient (Wildman–Crippen LogP) is 2.75. The van der Waals surface area contributed by atoms with E-state index in [-0.39, 0.29) is 5.41 Å². The Morgan fingerprint density at radius 1 is 1.33 bits per heavy atom. The van der Waals surface area contributed by atoms with Gasteiger partial charge in [0.05, 0.1) is 5.60 Å². The normalized spacial score (nSPS) is 41.4. The van der Waals surface area contributed by atoms with Crippen LogP contribution in [0.4, 0.5) is 0 Å². The van der Waals surface area contributed by atoms with Gasteiger partial charge in [0, 0.05) is 0 Å². The lowest BCUT2D eigenvalue weighted by Gasteiger charge is -2.45. The number of hydrogen-bond donors (Lipinski definition) is 1. The molecule has 0 aromatic heterocycles. The third-order valence-corrected chi connectivity index (χ3v) is 3.07. The number of rotatable bonds is 0. The third kappa shape index (κ3) is 1.56. The third-order valence-electron chi connectivity index (χ3n) is 3.07. The van der Waals surface area contributed by atoms with Crippen LogP contribution in [0.2, 0.25) is 0 Å². The van der Waals surface area contributed by atoms with Crippen molar-refractivity contribution in [1.29, 1.82) is 0 Å². The molecule has 1 rings (SSSR count). The van der Waals surface area contributed by atoms with Gasteiger partial charge in [0.1, 0.15) is 0 Å². The van der Waals surface area contributed by atoms with Gasteiger partial charge in [-0.25, -0.2) is 0 Å². The second-order valence-corrected chi connectivity index (χ2v) is 5.15. The van der Waals surface area contributed by atoms with Crippen LogP contribution < -0.4 is 0 Å². The first-order chi connectivity index (χ1) is 5.26. The Morgan fingerprint density at radius 3 is 2.25 bits per heavy atom. The molecule has 0 aliphatic heterocycles. The van der Waals surface area contributed by atoms with E-state index in [1.54, 1.807) is 0 Å². The van der Waals surface area contributed by atoms with Crippen LogP contribution in [0.25, 0.3) is 0 Å². The van der Waals surface area contributed by atoms with Crippen LogP contribution in [0.3, 0.4) is 0 Å². The van der Waals surface area contributed by atoms with E-state index in [2.05, 4.69) is 27.4 Å². The van der Waals surface area contributed by atoms with Gasteiger partial charge in [-0.05, 0) is 36.7 Å². The lowest BCUT2D eigenvalue weighted by Crippen LogP contribution is -2.42. The van der Waals surface area contributed by atoms with Crippen LogP contribution >= 0.6 is 0 Å². The Labute approximate surface area is 75.5 Å². The molecule has 0 aromatic carbocycles. The van der Waals surface area contributed by atoms with Crippen molar-refractivity contribution in [2.24, 2.45) is 11.3 Å². The molecule has 0 spiro atoms. The summed E-state index contributed by atoms with van der Waals surface area (Å²) in [5, 5.41) is 10.0. The van der Waals surface area contributed by atoms with Gasteiger partial charge in [-0.15, -0.1) is 0 Å². The van der Waals surface area contributed by atoms with Crippen molar-refractivity contribution in [3.63, 3.8) is 0 Å². The van der Waals surface area contributed by atoms with Gasteiger partial charge in [0.15, 0.2) is 0 Å². The topological polar surface area (TPSA) is 20.2 Å². The Bertz CT molecular complexity index is 181. The van der Waals surface area contributed by atoms with Gasteiger partial charge in [-0.3, -0.25) is 0 Å². The monoisotopic (exact) mass is 168 g/mol. The van der Waals surface area contributed by atoms with E-state index in [0.717, 1.165) is 18.4 Å². The molecule has 0 aromatic rings. The van der Waals surface area contributed by atoms with Gasteiger partial charge in [-0.2, -0.15) is 0 Å². The largest absolute Gasteiger partial charge is 0.386 e. The zero-order valence-corrected chi connectivity index (χ0v) is 8.65. The first-order valence-corrected chi connectivity index (χ1v) is 4.68. The Hall–Kier alpha value is -0.300. The molecule has 1 N–H and O–H groups in total. The fourth-order valence-electron chi connectivity index (χ4n) is 2.60. The molecule has 1 heteroatoms. The highest BCUT2D eigenvalue weighted by atomic mass is 16.3. The number of aliphatic hydroxyl groups is 1. The van der Waals surface area contributed by atoms with Crippen molar-refractivity contribution in [1.82, 2.24) is 0 Å². The van der Waals surface area contributed by atoms with E-state index in [0.29, 0.717) is 5.92 Å².